The maximum atomic E-state index is 9.17. The normalized spacial score (nSPS) is 27.1. The average Bonchev–Trinajstić information content (AvgIpc) is 2.62. The predicted octanol–water partition coefficient (Wildman–Crippen LogP) is 0.972. The number of hydrogen-bond acceptors (Lipinski definition) is 3. The Balaban J connectivity index is 1.85. The van der Waals surface area contributed by atoms with Gasteiger partial charge in [0.1, 0.15) is 6.04 Å². The maximum absolute atomic E-state index is 9.17. The highest BCUT2D eigenvalue weighted by Crippen LogP contribution is 2.31. The fourth-order valence-corrected chi connectivity index (χ4v) is 2.68. The third-order valence-electron chi connectivity index (χ3n) is 3.69. The van der Waals surface area contributed by atoms with E-state index in [9.17, 15) is 0 Å². The lowest BCUT2D eigenvalue weighted by Gasteiger charge is -2.43. The van der Waals surface area contributed by atoms with E-state index in [4.69, 9.17) is 5.26 Å². The van der Waals surface area contributed by atoms with Crippen LogP contribution in [0.1, 0.15) is 25.7 Å². The van der Waals surface area contributed by atoms with E-state index in [1.807, 2.05) is 7.05 Å². The summed E-state index contributed by atoms with van der Waals surface area (Å²) in [6, 6.07) is 3.30. The lowest BCUT2D eigenvalue weighted by Crippen LogP contribution is -2.61. The number of likely N-dealkylation sites (N-methyl/N-ethyl adjacent to an activating group) is 1. The molecule has 1 heterocycles. The summed E-state index contributed by atoms with van der Waals surface area (Å²) in [6.45, 7) is 2.12. The van der Waals surface area contributed by atoms with Crippen molar-refractivity contribution in [3.63, 3.8) is 0 Å². The highest BCUT2D eigenvalue weighted by atomic mass is 15.3. The van der Waals surface area contributed by atoms with Crippen molar-refractivity contribution in [2.45, 2.75) is 37.8 Å². The Labute approximate surface area is 86.1 Å². The van der Waals surface area contributed by atoms with Gasteiger partial charge in [0.15, 0.2) is 0 Å². The third-order valence-corrected chi connectivity index (χ3v) is 3.69. The van der Waals surface area contributed by atoms with Crippen molar-refractivity contribution in [1.82, 2.24) is 10.2 Å². The molecule has 1 N–H and O–H groups in total. The number of nitrogens with zero attached hydrogens (tertiary/aromatic N) is 2. The van der Waals surface area contributed by atoms with Crippen molar-refractivity contribution in [1.29, 1.82) is 5.26 Å². The predicted molar refractivity (Wildman–Crippen MR) is 55.8 cm³/mol. The second-order valence-corrected chi connectivity index (χ2v) is 4.56. The Morgan fingerprint density at radius 2 is 2.00 bits per heavy atom. The van der Waals surface area contributed by atoms with E-state index in [-0.39, 0.29) is 6.04 Å². The van der Waals surface area contributed by atoms with Crippen LogP contribution in [-0.4, -0.2) is 37.1 Å². The Bertz CT molecular complexity index is 221. The van der Waals surface area contributed by atoms with Crippen LogP contribution in [0.2, 0.25) is 0 Å². The van der Waals surface area contributed by atoms with Crippen molar-refractivity contribution in [2.75, 3.05) is 20.1 Å². The van der Waals surface area contributed by atoms with Gasteiger partial charge in [-0.1, -0.05) is 12.8 Å². The molecule has 2 rings (SSSR count). The van der Waals surface area contributed by atoms with Gasteiger partial charge in [-0.3, -0.25) is 4.90 Å². The first-order chi connectivity index (χ1) is 6.85. The molecular weight excluding hydrogens is 174 g/mol. The molecule has 3 heteroatoms. The average molecular weight is 193 g/mol. The molecule has 0 aromatic carbocycles. The summed E-state index contributed by atoms with van der Waals surface area (Å²) in [7, 11) is 2.00. The molecule has 0 bridgehead atoms. The lowest BCUT2D eigenvalue weighted by molar-refractivity contribution is 0.0766. The van der Waals surface area contributed by atoms with Crippen LogP contribution >= 0.6 is 0 Å². The van der Waals surface area contributed by atoms with Gasteiger partial charge in [0.25, 0.3) is 0 Å². The Morgan fingerprint density at radius 1 is 1.36 bits per heavy atom. The van der Waals surface area contributed by atoms with Gasteiger partial charge in [0.2, 0.25) is 0 Å². The summed E-state index contributed by atoms with van der Waals surface area (Å²) in [6.07, 6.45) is 5.18. The molecule has 1 aliphatic carbocycles. The Morgan fingerprint density at radius 3 is 2.50 bits per heavy atom. The van der Waals surface area contributed by atoms with E-state index in [0.29, 0.717) is 12.0 Å². The monoisotopic (exact) mass is 193 g/mol. The first kappa shape index (κ1) is 9.95. The molecule has 0 aromatic rings. The zero-order chi connectivity index (χ0) is 9.97. The van der Waals surface area contributed by atoms with Crippen LogP contribution in [0.4, 0.5) is 0 Å². The molecule has 1 saturated heterocycles. The van der Waals surface area contributed by atoms with E-state index in [1.54, 1.807) is 0 Å². The molecule has 1 atom stereocenters. The highest BCUT2D eigenvalue weighted by Gasteiger charge is 2.36. The smallest absolute Gasteiger partial charge is 0.101 e. The molecule has 2 aliphatic rings. The van der Waals surface area contributed by atoms with Gasteiger partial charge in [-0.15, -0.1) is 0 Å². The van der Waals surface area contributed by atoms with Crippen LogP contribution in [0.15, 0.2) is 0 Å². The van der Waals surface area contributed by atoms with E-state index in [2.05, 4.69) is 16.3 Å². The van der Waals surface area contributed by atoms with Crippen molar-refractivity contribution >= 4 is 0 Å². The topological polar surface area (TPSA) is 39.1 Å². The molecule has 0 radical (unpaired) electrons. The fourth-order valence-electron chi connectivity index (χ4n) is 2.68. The van der Waals surface area contributed by atoms with Gasteiger partial charge in [-0.05, 0) is 25.8 Å². The first-order valence-electron chi connectivity index (χ1n) is 5.66. The summed E-state index contributed by atoms with van der Waals surface area (Å²) >= 11 is 0. The third kappa shape index (κ3) is 1.77. The molecular formula is C11H19N3. The largest absolute Gasteiger partial charge is 0.315 e. The van der Waals surface area contributed by atoms with Gasteiger partial charge in [-0.2, -0.15) is 5.26 Å². The molecule has 0 aromatic heterocycles. The van der Waals surface area contributed by atoms with E-state index < -0.39 is 0 Å². The quantitative estimate of drug-likeness (QED) is 0.726. The minimum atomic E-state index is 0.196. The summed E-state index contributed by atoms with van der Waals surface area (Å²) in [5, 5.41) is 12.4. The molecule has 1 saturated carbocycles. The van der Waals surface area contributed by atoms with Gasteiger partial charge >= 0.3 is 0 Å². The maximum Gasteiger partial charge on any atom is 0.101 e. The molecule has 3 nitrogen and oxygen atoms in total. The highest BCUT2D eigenvalue weighted by molar-refractivity contribution is 5.03. The summed E-state index contributed by atoms with van der Waals surface area (Å²) in [5.74, 6) is 0.651. The minimum absolute atomic E-state index is 0.196. The zero-order valence-electron chi connectivity index (χ0n) is 8.87. The summed E-state index contributed by atoms with van der Waals surface area (Å²) < 4.78 is 0. The Hall–Kier alpha value is -0.590. The van der Waals surface area contributed by atoms with E-state index in [1.165, 1.54) is 25.7 Å². The van der Waals surface area contributed by atoms with Crippen molar-refractivity contribution in [3.05, 3.63) is 0 Å². The van der Waals surface area contributed by atoms with Crippen molar-refractivity contribution in [2.24, 2.45) is 5.92 Å². The van der Waals surface area contributed by atoms with Crippen LogP contribution in [0.5, 0.6) is 0 Å². The van der Waals surface area contributed by atoms with Crippen LogP contribution in [-0.2, 0) is 0 Å². The van der Waals surface area contributed by atoms with Crippen LogP contribution in [0.25, 0.3) is 0 Å². The van der Waals surface area contributed by atoms with Crippen LogP contribution in [0, 0.1) is 17.2 Å². The van der Waals surface area contributed by atoms with Gasteiger partial charge in [-0.25, -0.2) is 0 Å². The lowest BCUT2D eigenvalue weighted by atomic mass is 9.94. The SMILES string of the molecule is CNC1CN(C(C#N)C2CCCC2)C1. The van der Waals surface area contributed by atoms with Crippen LogP contribution < -0.4 is 5.32 Å². The number of nitriles is 1. The van der Waals surface area contributed by atoms with E-state index in [0.717, 1.165) is 13.1 Å². The standard InChI is InChI=1S/C11H19N3/c1-13-10-7-14(8-10)11(6-12)9-4-2-3-5-9/h9-11,13H,2-5,7-8H2,1H3. The van der Waals surface area contributed by atoms with Crippen molar-refractivity contribution < 1.29 is 0 Å². The molecule has 1 unspecified atom stereocenters. The fraction of sp³-hybridized carbons (Fsp3) is 0.909. The number of hydrogen-bond donors (Lipinski definition) is 1. The van der Waals surface area contributed by atoms with E-state index >= 15 is 0 Å². The zero-order valence-corrected chi connectivity index (χ0v) is 8.87. The second kappa shape index (κ2) is 4.29. The molecule has 0 amide bonds. The van der Waals surface area contributed by atoms with Gasteiger partial charge in [0, 0.05) is 19.1 Å². The molecule has 1 aliphatic heterocycles. The molecule has 78 valence electrons. The second-order valence-electron chi connectivity index (χ2n) is 4.56. The molecule has 2 fully saturated rings. The summed E-state index contributed by atoms with van der Waals surface area (Å²) in [5.41, 5.74) is 0. The molecule has 0 spiro atoms. The number of nitrogens with one attached hydrogen (secondary N) is 1. The minimum Gasteiger partial charge on any atom is -0.315 e. The first-order valence-corrected chi connectivity index (χ1v) is 5.66. The van der Waals surface area contributed by atoms with Crippen molar-refractivity contribution in [3.8, 4) is 6.07 Å². The number of rotatable bonds is 3. The Kier molecular flexibility index (Phi) is 3.05. The summed E-state index contributed by atoms with van der Waals surface area (Å²) in [4.78, 5) is 2.33. The van der Waals surface area contributed by atoms with Gasteiger partial charge in [0.05, 0.1) is 6.07 Å². The number of likely N-dealkylation sites (tertiary alicyclic amines) is 1. The van der Waals surface area contributed by atoms with Gasteiger partial charge < -0.3 is 5.32 Å². The molecule has 14 heavy (non-hydrogen) atoms. The van der Waals surface area contributed by atoms with Crippen LogP contribution in [0.3, 0.4) is 0 Å².